The molecule has 3 nitrogen and oxygen atoms in total. The number of fused-ring (bicyclic) bond motifs is 1. The topological polar surface area (TPSA) is 34.4 Å². The highest BCUT2D eigenvalue weighted by atomic mass is 35.5. The second-order valence-corrected chi connectivity index (χ2v) is 6.82. The lowest BCUT2D eigenvalue weighted by atomic mass is 10.2. The molecule has 0 fully saturated rings. The predicted molar refractivity (Wildman–Crippen MR) is 91.9 cm³/mol. The average molecular weight is 351 g/mol. The summed E-state index contributed by atoms with van der Waals surface area (Å²) < 4.78 is 2.92. The summed E-state index contributed by atoms with van der Waals surface area (Å²) in [6.45, 7) is 1.99. The second kappa shape index (κ2) is 5.88. The minimum Gasteiger partial charge on any atom is -0.319 e. The number of rotatable bonds is 1. The minimum absolute atomic E-state index is 0.312. The van der Waals surface area contributed by atoms with Gasteiger partial charge >= 0.3 is 0 Å². The Hall–Kier alpha value is -1.62. The number of nitrogens with zero attached hydrogens (tertiary/aromatic N) is 2. The van der Waals surface area contributed by atoms with E-state index in [1.54, 1.807) is 24.3 Å². The molecule has 6 heteroatoms. The van der Waals surface area contributed by atoms with E-state index >= 15 is 0 Å². The maximum absolute atomic E-state index is 12.3. The summed E-state index contributed by atoms with van der Waals surface area (Å²) in [5.41, 5.74) is 2.56. The number of thiazole rings is 1. The van der Waals surface area contributed by atoms with Gasteiger partial charge in [-0.3, -0.25) is 4.79 Å². The Bertz CT molecular complexity index is 956. The van der Waals surface area contributed by atoms with Gasteiger partial charge in [0, 0.05) is 22.7 Å². The van der Waals surface area contributed by atoms with Gasteiger partial charge in [-0.2, -0.15) is 4.99 Å². The largest absolute Gasteiger partial charge is 0.319 e. The third-order valence-electron chi connectivity index (χ3n) is 3.32. The van der Waals surface area contributed by atoms with Gasteiger partial charge in [0.1, 0.15) is 0 Å². The van der Waals surface area contributed by atoms with Gasteiger partial charge in [0.25, 0.3) is 5.91 Å². The van der Waals surface area contributed by atoms with E-state index in [4.69, 9.17) is 23.2 Å². The molecule has 0 atom stereocenters. The number of hydrogen-bond acceptors (Lipinski definition) is 2. The zero-order valence-electron chi connectivity index (χ0n) is 11.9. The second-order valence-electron chi connectivity index (χ2n) is 4.94. The summed E-state index contributed by atoms with van der Waals surface area (Å²) in [5.74, 6) is -0.312. The van der Waals surface area contributed by atoms with E-state index in [1.807, 2.05) is 30.7 Å². The van der Waals surface area contributed by atoms with Gasteiger partial charge in [-0.05, 0) is 42.8 Å². The lowest BCUT2D eigenvalue weighted by Crippen LogP contribution is -2.13. The van der Waals surface area contributed by atoms with Gasteiger partial charge in [0.05, 0.1) is 10.2 Å². The van der Waals surface area contributed by atoms with Crippen LogP contribution in [0.4, 0.5) is 0 Å². The molecule has 1 amide bonds. The first-order valence-corrected chi connectivity index (χ1v) is 8.13. The molecule has 0 N–H and O–H groups in total. The monoisotopic (exact) mass is 350 g/mol. The van der Waals surface area contributed by atoms with Crippen molar-refractivity contribution in [3.05, 3.63) is 62.4 Å². The van der Waals surface area contributed by atoms with E-state index < -0.39 is 0 Å². The van der Waals surface area contributed by atoms with Crippen LogP contribution in [-0.4, -0.2) is 10.5 Å². The lowest BCUT2D eigenvalue weighted by Gasteiger charge is -2.00. The fourth-order valence-electron chi connectivity index (χ4n) is 2.35. The highest BCUT2D eigenvalue weighted by molar-refractivity contribution is 7.16. The standard InChI is InChI=1S/C16H12Cl2N2OS/c1-9-6-12(18)8-13-14(9)20(2)16(22-13)19-15(21)10-4-3-5-11(17)7-10/h3-8H,1-2H3. The molecule has 0 saturated heterocycles. The smallest absolute Gasteiger partial charge is 0.279 e. The van der Waals surface area contributed by atoms with Crippen LogP contribution in [0, 0.1) is 6.92 Å². The van der Waals surface area contributed by atoms with Crippen molar-refractivity contribution in [2.45, 2.75) is 6.92 Å². The Balaban J connectivity index is 2.16. The molecular formula is C16H12Cl2N2OS. The van der Waals surface area contributed by atoms with Gasteiger partial charge < -0.3 is 4.57 Å². The SMILES string of the molecule is Cc1cc(Cl)cc2sc(=NC(=O)c3cccc(Cl)c3)n(C)c12. The minimum atomic E-state index is -0.312. The molecule has 2 aromatic carbocycles. The lowest BCUT2D eigenvalue weighted by molar-refractivity contribution is 0.0998. The van der Waals surface area contributed by atoms with Crippen molar-refractivity contribution in [1.82, 2.24) is 4.57 Å². The van der Waals surface area contributed by atoms with Crippen LogP contribution >= 0.6 is 34.5 Å². The Labute approximate surface area is 141 Å². The van der Waals surface area contributed by atoms with Crippen LogP contribution in [0.15, 0.2) is 41.4 Å². The third kappa shape index (κ3) is 2.82. The summed E-state index contributed by atoms with van der Waals surface area (Å²) in [6.07, 6.45) is 0. The number of carbonyl (C=O) groups excluding carboxylic acids is 1. The number of carbonyl (C=O) groups is 1. The molecule has 0 aliphatic heterocycles. The first-order valence-electron chi connectivity index (χ1n) is 6.56. The van der Waals surface area contributed by atoms with Gasteiger partial charge in [-0.15, -0.1) is 0 Å². The van der Waals surface area contributed by atoms with Crippen molar-refractivity contribution in [3.63, 3.8) is 0 Å². The van der Waals surface area contributed by atoms with E-state index in [1.165, 1.54) is 11.3 Å². The molecule has 1 heterocycles. The molecule has 1 aromatic heterocycles. The number of hydrogen-bond donors (Lipinski definition) is 0. The molecule has 0 saturated carbocycles. The summed E-state index contributed by atoms with van der Waals surface area (Å²) in [7, 11) is 1.89. The normalized spacial score (nSPS) is 12.1. The molecule has 0 aliphatic carbocycles. The highest BCUT2D eigenvalue weighted by Crippen LogP contribution is 2.25. The van der Waals surface area contributed by atoms with Crippen LogP contribution in [0.3, 0.4) is 0 Å². The molecule has 0 radical (unpaired) electrons. The van der Waals surface area contributed by atoms with Crippen molar-refractivity contribution in [3.8, 4) is 0 Å². The fourth-order valence-corrected chi connectivity index (χ4v) is 4.01. The number of aryl methyl sites for hydroxylation is 2. The van der Waals surface area contributed by atoms with Gasteiger partial charge in [-0.1, -0.05) is 40.6 Å². The molecule has 112 valence electrons. The fraction of sp³-hybridized carbons (Fsp3) is 0.125. The molecule has 0 bridgehead atoms. The summed E-state index contributed by atoms with van der Waals surface area (Å²) in [4.78, 5) is 17.1. The molecule has 22 heavy (non-hydrogen) atoms. The average Bonchev–Trinajstić information content (AvgIpc) is 2.75. The summed E-state index contributed by atoms with van der Waals surface area (Å²) in [6, 6.07) is 10.6. The zero-order chi connectivity index (χ0) is 15.9. The predicted octanol–water partition coefficient (Wildman–Crippen LogP) is 4.60. The van der Waals surface area contributed by atoms with Crippen molar-refractivity contribution < 1.29 is 4.79 Å². The van der Waals surface area contributed by atoms with Crippen LogP contribution in [-0.2, 0) is 7.05 Å². The first-order chi connectivity index (χ1) is 10.5. The third-order valence-corrected chi connectivity index (χ3v) is 4.85. The van der Waals surface area contributed by atoms with Crippen molar-refractivity contribution in [2.75, 3.05) is 0 Å². The molecule has 0 unspecified atom stereocenters. The number of aromatic nitrogens is 1. The Morgan fingerprint density at radius 1 is 1.18 bits per heavy atom. The Kier molecular flexibility index (Phi) is 4.08. The number of halogens is 2. The number of amides is 1. The Morgan fingerprint density at radius 2 is 1.95 bits per heavy atom. The number of benzene rings is 2. The van der Waals surface area contributed by atoms with Crippen LogP contribution in [0.5, 0.6) is 0 Å². The summed E-state index contributed by atoms with van der Waals surface area (Å²) in [5, 5.41) is 1.20. The van der Waals surface area contributed by atoms with E-state index in [2.05, 4.69) is 4.99 Å². The molecule has 3 aromatic rings. The maximum Gasteiger partial charge on any atom is 0.279 e. The van der Waals surface area contributed by atoms with E-state index in [0.29, 0.717) is 20.4 Å². The van der Waals surface area contributed by atoms with E-state index in [0.717, 1.165) is 15.8 Å². The highest BCUT2D eigenvalue weighted by Gasteiger charge is 2.10. The van der Waals surface area contributed by atoms with Gasteiger partial charge in [0.2, 0.25) is 0 Å². The van der Waals surface area contributed by atoms with Crippen LogP contribution in [0.25, 0.3) is 10.2 Å². The van der Waals surface area contributed by atoms with E-state index in [9.17, 15) is 4.79 Å². The van der Waals surface area contributed by atoms with Crippen molar-refractivity contribution in [2.24, 2.45) is 12.0 Å². The van der Waals surface area contributed by atoms with E-state index in [-0.39, 0.29) is 5.91 Å². The van der Waals surface area contributed by atoms with Crippen molar-refractivity contribution >= 4 is 50.7 Å². The molecule has 0 aliphatic rings. The Morgan fingerprint density at radius 3 is 2.68 bits per heavy atom. The van der Waals surface area contributed by atoms with Crippen LogP contribution in [0.1, 0.15) is 15.9 Å². The van der Waals surface area contributed by atoms with Crippen molar-refractivity contribution in [1.29, 1.82) is 0 Å². The molecule has 0 spiro atoms. The van der Waals surface area contributed by atoms with Crippen LogP contribution in [0.2, 0.25) is 10.0 Å². The van der Waals surface area contributed by atoms with Crippen LogP contribution < -0.4 is 4.80 Å². The first kappa shape index (κ1) is 15.3. The molecule has 3 rings (SSSR count). The van der Waals surface area contributed by atoms with Gasteiger partial charge in [-0.25, -0.2) is 0 Å². The zero-order valence-corrected chi connectivity index (χ0v) is 14.3. The molecular weight excluding hydrogens is 339 g/mol. The maximum atomic E-state index is 12.3. The van der Waals surface area contributed by atoms with Gasteiger partial charge in [0.15, 0.2) is 4.80 Å². The quantitative estimate of drug-likeness (QED) is 0.631. The summed E-state index contributed by atoms with van der Waals surface area (Å²) >= 11 is 13.4.